The minimum Gasteiger partial charge on any atom is -0.369 e. The first-order valence-corrected chi connectivity index (χ1v) is 9.13. The van der Waals surface area contributed by atoms with Crippen LogP contribution in [0.4, 0.5) is 0 Å². The topological polar surface area (TPSA) is 46.3 Å². The smallest absolute Gasteiger partial charge is 0.225 e. The zero-order valence-electron chi connectivity index (χ0n) is 14.0. The zero-order chi connectivity index (χ0) is 17.5. The van der Waals surface area contributed by atoms with Gasteiger partial charge in [-0.15, -0.1) is 0 Å². The van der Waals surface area contributed by atoms with Crippen molar-refractivity contribution in [2.75, 3.05) is 20.6 Å². The van der Waals surface area contributed by atoms with Crippen molar-refractivity contribution in [2.45, 2.75) is 28.6 Å². The minimum atomic E-state index is -0.266. The van der Waals surface area contributed by atoms with Gasteiger partial charge in [0.25, 0.3) is 0 Å². The Balaban J connectivity index is 2.21. The third kappa shape index (κ3) is 5.55. The second kappa shape index (κ2) is 9.11. The Hall–Kier alpha value is -1.49. The lowest BCUT2D eigenvalue weighted by Crippen LogP contribution is -2.23. The maximum atomic E-state index is 12.0. The van der Waals surface area contributed by atoms with Gasteiger partial charge in [-0.2, -0.15) is 0 Å². The summed E-state index contributed by atoms with van der Waals surface area (Å²) in [5.41, 5.74) is 6.69. The van der Waals surface area contributed by atoms with Gasteiger partial charge < -0.3 is 10.6 Å². The molecule has 0 aliphatic heterocycles. The van der Waals surface area contributed by atoms with E-state index in [-0.39, 0.29) is 11.8 Å². The second-order valence-electron chi connectivity index (χ2n) is 5.99. The number of hydrogen-bond acceptors (Lipinski definition) is 3. The second-order valence-corrected chi connectivity index (χ2v) is 7.55. The van der Waals surface area contributed by atoms with Gasteiger partial charge in [-0.05, 0) is 69.4 Å². The van der Waals surface area contributed by atoms with Gasteiger partial charge in [-0.3, -0.25) is 4.79 Å². The van der Waals surface area contributed by atoms with Crippen molar-refractivity contribution in [1.82, 2.24) is 4.90 Å². The number of amides is 1. The number of primary amides is 1. The van der Waals surface area contributed by atoms with Crippen LogP contribution in [-0.2, 0) is 4.79 Å². The summed E-state index contributed by atoms with van der Waals surface area (Å²) in [6.45, 7) is 0.941. The summed E-state index contributed by atoms with van der Waals surface area (Å²) < 4.78 is 0. The molecule has 1 amide bonds. The quantitative estimate of drug-likeness (QED) is 0.756. The van der Waals surface area contributed by atoms with E-state index in [9.17, 15) is 4.79 Å². The Morgan fingerprint density at radius 1 is 1.17 bits per heavy atom. The lowest BCUT2D eigenvalue weighted by Gasteiger charge is -2.18. The van der Waals surface area contributed by atoms with Gasteiger partial charge in [-0.25, -0.2) is 0 Å². The van der Waals surface area contributed by atoms with Crippen LogP contribution in [0.5, 0.6) is 0 Å². The van der Waals surface area contributed by atoms with Crippen LogP contribution in [0.2, 0.25) is 5.02 Å². The van der Waals surface area contributed by atoms with Crippen LogP contribution in [0, 0.1) is 0 Å². The van der Waals surface area contributed by atoms with Crippen LogP contribution in [0.15, 0.2) is 58.3 Å². The van der Waals surface area contributed by atoms with Crippen molar-refractivity contribution < 1.29 is 4.79 Å². The van der Waals surface area contributed by atoms with Crippen molar-refractivity contribution in [2.24, 2.45) is 5.73 Å². The molecule has 1 unspecified atom stereocenters. The third-order valence-corrected chi connectivity index (χ3v) is 5.13. The zero-order valence-corrected chi connectivity index (χ0v) is 15.6. The fraction of sp³-hybridized carbons (Fsp3) is 0.316. The fourth-order valence-corrected chi connectivity index (χ4v) is 3.68. The first-order chi connectivity index (χ1) is 11.5. The molecule has 2 aromatic carbocycles. The summed E-state index contributed by atoms with van der Waals surface area (Å²) in [5, 5.41) is 0.714. The van der Waals surface area contributed by atoms with Crippen molar-refractivity contribution in [1.29, 1.82) is 0 Å². The molecule has 0 fully saturated rings. The first-order valence-electron chi connectivity index (χ1n) is 7.94. The average molecular weight is 363 g/mol. The molecule has 24 heavy (non-hydrogen) atoms. The van der Waals surface area contributed by atoms with Crippen LogP contribution in [0.25, 0.3) is 0 Å². The number of nitrogens with two attached hydrogens (primary N) is 1. The van der Waals surface area contributed by atoms with E-state index in [1.807, 2.05) is 62.6 Å². The van der Waals surface area contributed by atoms with Gasteiger partial charge in [0.2, 0.25) is 5.91 Å². The van der Waals surface area contributed by atoms with Gasteiger partial charge in [0.15, 0.2) is 0 Å². The summed E-state index contributed by atoms with van der Waals surface area (Å²) >= 11 is 7.58. The molecule has 0 aliphatic rings. The molecule has 0 spiro atoms. The summed E-state index contributed by atoms with van der Waals surface area (Å²) in [6, 6.07) is 15.7. The molecule has 1 atom stereocenters. The molecule has 2 aromatic rings. The highest BCUT2D eigenvalue weighted by atomic mass is 35.5. The van der Waals surface area contributed by atoms with Crippen molar-refractivity contribution in [3.05, 3.63) is 59.1 Å². The van der Waals surface area contributed by atoms with Crippen LogP contribution in [0.1, 0.15) is 24.3 Å². The third-order valence-electron chi connectivity index (χ3n) is 3.78. The van der Waals surface area contributed by atoms with E-state index in [1.54, 1.807) is 11.8 Å². The number of halogens is 1. The Kier molecular flexibility index (Phi) is 7.16. The number of rotatable bonds is 8. The lowest BCUT2D eigenvalue weighted by molar-refractivity contribution is -0.119. The van der Waals surface area contributed by atoms with E-state index in [1.165, 1.54) is 0 Å². The van der Waals surface area contributed by atoms with E-state index in [2.05, 4.69) is 4.90 Å². The van der Waals surface area contributed by atoms with Gasteiger partial charge in [0.05, 0.1) is 5.92 Å². The molecule has 0 bridgehead atoms. The molecule has 0 radical (unpaired) electrons. The predicted molar refractivity (Wildman–Crippen MR) is 102 cm³/mol. The average Bonchev–Trinajstić information content (AvgIpc) is 2.54. The number of carbonyl (C=O) groups excluding carboxylic acids is 1. The van der Waals surface area contributed by atoms with Crippen LogP contribution in [0.3, 0.4) is 0 Å². The van der Waals surface area contributed by atoms with Gasteiger partial charge >= 0.3 is 0 Å². The molecular formula is C19H23ClN2OS. The van der Waals surface area contributed by atoms with E-state index in [4.69, 9.17) is 17.3 Å². The highest BCUT2D eigenvalue weighted by Gasteiger charge is 2.21. The molecular weight excluding hydrogens is 340 g/mol. The summed E-state index contributed by atoms with van der Waals surface area (Å²) in [7, 11) is 4.06. The Bertz CT molecular complexity index is 673. The Labute approximate surface area is 153 Å². The molecule has 0 heterocycles. The van der Waals surface area contributed by atoms with E-state index in [0.717, 1.165) is 34.7 Å². The van der Waals surface area contributed by atoms with Crippen LogP contribution < -0.4 is 5.73 Å². The largest absolute Gasteiger partial charge is 0.369 e. The molecule has 3 nitrogen and oxygen atoms in total. The van der Waals surface area contributed by atoms with Crippen molar-refractivity contribution in [3.63, 3.8) is 0 Å². The number of carbonyl (C=O) groups is 1. The van der Waals surface area contributed by atoms with Gasteiger partial charge in [0, 0.05) is 14.8 Å². The standard InChI is InChI=1S/C19H23ClN2OS/c1-22(2)13-5-7-17(19(21)23)16-6-3-4-8-18(16)24-15-11-9-14(20)10-12-15/h3-4,6,8-12,17H,5,7,13H2,1-2H3,(H2,21,23). The van der Waals surface area contributed by atoms with E-state index in [0.29, 0.717) is 5.02 Å². The maximum absolute atomic E-state index is 12.0. The van der Waals surface area contributed by atoms with Gasteiger partial charge in [-0.1, -0.05) is 41.6 Å². The van der Waals surface area contributed by atoms with E-state index >= 15 is 0 Å². The molecule has 0 aromatic heterocycles. The highest BCUT2D eigenvalue weighted by molar-refractivity contribution is 7.99. The van der Waals surface area contributed by atoms with Crippen LogP contribution >= 0.6 is 23.4 Å². The Morgan fingerprint density at radius 2 is 1.83 bits per heavy atom. The van der Waals surface area contributed by atoms with Crippen LogP contribution in [-0.4, -0.2) is 31.4 Å². The van der Waals surface area contributed by atoms with Crippen molar-refractivity contribution in [3.8, 4) is 0 Å². The number of hydrogen-bond donors (Lipinski definition) is 1. The van der Waals surface area contributed by atoms with E-state index < -0.39 is 0 Å². The maximum Gasteiger partial charge on any atom is 0.225 e. The monoisotopic (exact) mass is 362 g/mol. The molecule has 2 N–H and O–H groups in total. The lowest BCUT2D eigenvalue weighted by atomic mass is 9.93. The molecule has 128 valence electrons. The van der Waals surface area contributed by atoms with Crippen molar-refractivity contribution >= 4 is 29.3 Å². The normalized spacial score (nSPS) is 12.3. The minimum absolute atomic E-state index is 0.263. The number of benzene rings is 2. The molecule has 2 rings (SSSR count). The molecule has 0 saturated heterocycles. The molecule has 0 aliphatic carbocycles. The molecule has 0 saturated carbocycles. The Morgan fingerprint density at radius 3 is 2.46 bits per heavy atom. The predicted octanol–water partition coefficient (Wildman–Crippen LogP) is 4.40. The summed E-state index contributed by atoms with van der Waals surface area (Å²) in [4.78, 5) is 16.3. The SMILES string of the molecule is CN(C)CCCC(C(N)=O)c1ccccc1Sc1ccc(Cl)cc1. The fourth-order valence-electron chi connectivity index (χ4n) is 2.55. The highest BCUT2D eigenvalue weighted by Crippen LogP contribution is 2.35. The molecule has 5 heteroatoms. The first kappa shape index (κ1) is 18.8. The summed E-state index contributed by atoms with van der Waals surface area (Å²) in [5.74, 6) is -0.529. The van der Waals surface area contributed by atoms with Gasteiger partial charge in [0.1, 0.15) is 0 Å². The number of nitrogens with zero attached hydrogens (tertiary/aromatic N) is 1. The summed E-state index contributed by atoms with van der Waals surface area (Å²) in [6.07, 6.45) is 1.69.